The number of hydrogen-bond acceptors (Lipinski definition) is 3. The molecule has 0 aliphatic carbocycles. The van der Waals surface area contributed by atoms with Gasteiger partial charge in [-0.15, -0.1) is 0 Å². The van der Waals surface area contributed by atoms with Gasteiger partial charge >= 0.3 is 0 Å². The van der Waals surface area contributed by atoms with Crippen LogP contribution in [0.25, 0.3) is 10.9 Å². The Morgan fingerprint density at radius 3 is 2.60 bits per heavy atom. The van der Waals surface area contributed by atoms with Gasteiger partial charge in [-0.3, -0.25) is 14.6 Å². The van der Waals surface area contributed by atoms with Crippen molar-refractivity contribution in [2.75, 3.05) is 0 Å². The van der Waals surface area contributed by atoms with E-state index in [1.807, 2.05) is 20.8 Å². The minimum Gasteiger partial charge on any atom is -0.349 e. The second-order valence-corrected chi connectivity index (χ2v) is 5.58. The summed E-state index contributed by atoms with van der Waals surface area (Å²) in [6.07, 6.45) is 0. The number of nitrogens with one attached hydrogen (secondary N) is 3. The monoisotopic (exact) mass is 291 g/mol. The number of carbonyl (C=O) groups is 1. The molecule has 1 atom stereocenters. The van der Waals surface area contributed by atoms with Gasteiger partial charge in [0.05, 0.1) is 10.9 Å². The van der Waals surface area contributed by atoms with Crippen LogP contribution in [-0.2, 0) is 0 Å². The first-order chi connectivity index (χ1) is 9.38. The lowest BCUT2D eigenvalue weighted by Gasteiger charge is -2.17. The summed E-state index contributed by atoms with van der Waals surface area (Å²) in [5, 5.41) is 3.40. The second kappa shape index (κ2) is 5.58. The lowest BCUT2D eigenvalue weighted by molar-refractivity contribution is 0.0930. The van der Waals surface area contributed by atoms with Crippen molar-refractivity contribution in [1.29, 1.82) is 0 Å². The molecule has 2 rings (SSSR count). The minimum atomic E-state index is -0.258. The maximum absolute atomic E-state index is 12.1. The lowest BCUT2D eigenvalue weighted by Crippen LogP contribution is -2.36. The van der Waals surface area contributed by atoms with Crippen LogP contribution in [0.4, 0.5) is 0 Å². The van der Waals surface area contributed by atoms with Gasteiger partial charge in [-0.1, -0.05) is 13.8 Å². The van der Waals surface area contributed by atoms with E-state index in [2.05, 4.69) is 15.3 Å². The highest BCUT2D eigenvalue weighted by molar-refractivity contribution is 7.71. The van der Waals surface area contributed by atoms with E-state index in [1.165, 1.54) is 0 Å². The fourth-order valence-electron chi connectivity index (χ4n) is 1.77. The number of fused-ring (bicyclic) bond motifs is 1. The molecule has 0 unspecified atom stereocenters. The molecule has 0 bridgehead atoms. The van der Waals surface area contributed by atoms with Gasteiger partial charge in [0.25, 0.3) is 11.5 Å². The molecule has 5 nitrogen and oxygen atoms in total. The maximum atomic E-state index is 12.1. The van der Waals surface area contributed by atoms with Crippen molar-refractivity contribution >= 4 is 29.0 Å². The first kappa shape index (κ1) is 14.5. The number of amides is 1. The Morgan fingerprint density at radius 1 is 1.25 bits per heavy atom. The molecule has 2 aromatic rings. The second-order valence-electron chi connectivity index (χ2n) is 5.17. The van der Waals surface area contributed by atoms with Crippen LogP contribution in [0.1, 0.15) is 31.1 Å². The van der Waals surface area contributed by atoms with Crippen LogP contribution >= 0.6 is 12.2 Å². The highest BCUT2D eigenvalue weighted by atomic mass is 32.1. The van der Waals surface area contributed by atoms with Gasteiger partial charge in [-0.05, 0) is 43.3 Å². The van der Waals surface area contributed by atoms with Gasteiger partial charge in [0, 0.05) is 11.6 Å². The smallest absolute Gasteiger partial charge is 0.259 e. The van der Waals surface area contributed by atoms with E-state index >= 15 is 0 Å². The average Bonchev–Trinajstić information content (AvgIpc) is 2.37. The molecule has 6 heteroatoms. The van der Waals surface area contributed by atoms with Crippen LogP contribution in [0.5, 0.6) is 0 Å². The molecular formula is C14H17N3O2S. The molecule has 0 saturated carbocycles. The summed E-state index contributed by atoms with van der Waals surface area (Å²) in [7, 11) is 0. The molecule has 0 aliphatic rings. The van der Waals surface area contributed by atoms with Crippen molar-refractivity contribution in [2.24, 2.45) is 5.92 Å². The number of hydrogen-bond donors (Lipinski definition) is 3. The Morgan fingerprint density at radius 2 is 1.95 bits per heavy atom. The van der Waals surface area contributed by atoms with Gasteiger partial charge < -0.3 is 10.3 Å². The number of benzene rings is 1. The van der Waals surface area contributed by atoms with E-state index in [9.17, 15) is 9.59 Å². The Hall–Kier alpha value is -1.95. The first-order valence-electron chi connectivity index (χ1n) is 6.45. The van der Waals surface area contributed by atoms with E-state index < -0.39 is 0 Å². The van der Waals surface area contributed by atoms with E-state index in [0.717, 1.165) is 0 Å². The van der Waals surface area contributed by atoms with Crippen LogP contribution in [0.15, 0.2) is 23.0 Å². The molecule has 0 saturated heterocycles. The van der Waals surface area contributed by atoms with Crippen molar-refractivity contribution in [3.8, 4) is 0 Å². The molecule has 1 aromatic carbocycles. The Kier molecular flexibility index (Phi) is 4.04. The fraction of sp³-hybridized carbons (Fsp3) is 0.357. The minimum absolute atomic E-state index is 0.0795. The molecule has 0 aliphatic heterocycles. The van der Waals surface area contributed by atoms with Crippen LogP contribution < -0.4 is 10.9 Å². The zero-order chi connectivity index (χ0) is 14.9. The molecule has 0 radical (unpaired) electrons. The summed E-state index contributed by atoms with van der Waals surface area (Å²) in [5.74, 6) is 0.195. The number of rotatable bonds is 3. The third kappa shape index (κ3) is 2.96. The van der Waals surface area contributed by atoms with Crippen molar-refractivity contribution in [2.45, 2.75) is 26.8 Å². The van der Waals surface area contributed by atoms with Crippen LogP contribution in [0.3, 0.4) is 0 Å². The molecule has 1 aromatic heterocycles. The van der Waals surface area contributed by atoms with Crippen LogP contribution in [0, 0.1) is 10.7 Å². The normalized spacial score (nSPS) is 12.6. The molecule has 3 N–H and O–H groups in total. The molecular weight excluding hydrogens is 274 g/mol. The summed E-state index contributed by atoms with van der Waals surface area (Å²) in [6, 6.07) is 4.98. The van der Waals surface area contributed by atoms with Gasteiger partial charge in [0.1, 0.15) is 0 Å². The Balaban J connectivity index is 2.39. The highest BCUT2D eigenvalue weighted by Gasteiger charge is 2.13. The SMILES string of the molecule is CC(C)[C@H](C)NC(=O)c1ccc2c(=O)[nH]c(=S)[nH]c2c1. The number of aromatic amines is 2. The van der Waals surface area contributed by atoms with E-state index in [-0.39, 0.29) is 22.3 Å². The van der Waals surface area contributed by atoms with Crippen LogP contribution in [-0.4, -0.2) is 21.9 Å². The molecule has 1 amide bonds. The van der Waals surface area contributed by atoms with Crippen molar-refractivity contribution in [3.63, 3.8) is 0 Å². The topological polar surface area (TPSA) is 77.8 Å². The Labute approximate surface area is 121 Å². The standard InChI is InChI=1S/C14H17N3O2S/c1-7(2)8(3)15-12(18)9-4-5-10-11(6-9)16-14(20)17-13(10)19/h4-8H,1-3H3,(H,15,18)(H2,16,17,19,20)/t8-/m0/s1. The number of H-pyrrole nitrogens is 2. The largest absolute Gasteiger partial charge is 0.349 e. The third-order valence-corrected chi connectivity index (χ3v) is 3.56. The zero-order valence-corrected chi connectivity index (χ0v) is 12.4. The number of carbonyl (C=O) groups excluding carboxylic acids is 1. The van der Waals surface area contributed by atoms with Gasteiger partial charge in [0.15, 0.2) is 4.77 Å². The summed E-state index contributed by atoms with van der Waals surface area (Å²) in [5.41, 5.74) is 0.802. The lowest BCUT2D eigenvalue weighted by atomic mass is 10.1. The van der Waals surface area contributed by atoms with Crippen molar-refractivity contribution in [3.05, 3.63) is 38.9 Å². The summed E-state index contributed by atoms with van der Waals surface area (Å²) < 4.78 is 0.246. The molecule has 20 heavy (non-hydrogen) atoms. The van der Waals surface area contributed by atoms with E-state index in [0.29, 0.717) is 22.4 Å². The molecule has 106 valence electrons. The molecule has 0 spiro atoms. The van der Waals surface area contributed by atoms with Gasteiger partial charge in [-0.25, -0.2) is 0 Å². The number of aromatic nitrogens is 2. The third-order valence-electron chi connectivity index (χ3n) is 3.36. The predicted molar refractivity (Wildman–Crippen MR) is 81.5 cm³/mol. The zero-order valence-electron chi connectivity index (χ0n) is 11.6. The van der Waals surface area contributed by atoms with Gasteiger partial charge in [-0.2, -0.15) is 0 Å². The first-order valence-corrected chi connectivity index (χ1v) is 6.86. The van der Waals surface area contributed by atoms with E-state index in [4.69, 9.17) is 12.2 Å². The molecule has 1 heterocycles. The van der Waals surface area contributed by atoms with Gasteiger partial charge in [0.2, 0.25) is 0 Å². The van der Waals surface area contributed by atoms with Crippen LogP contribution in [0.2, 0.25) is 0 Å². The van der Waals surface area contributed by atoms with E-state index in [1.54, 1.807) is 18.2 Å². The highest BCUT2D eigenvalue weighted by Crippen LogP contribution is 2.11. The Bertz CT molecular complexity index is 761. The maximum Gasteiger partial charge on any atom is 0.259 e. The van der Waals surface area contributed by atoms with Crippen molar-refractivity contribution < 1.29 is 4.79 Å². The van der Waals surface area contributed by atoms with Crippen molar-refractivity contribution in [1.82, 2.24) is 15.3 Å². The average molecular weight is 291 g/mol. The predicted octanol–water partition coefficient (Wildman–Crippen LogP) is 2.36. The quantitative estimate of drug-likeness (QED) is 0.760. The summed E-state index contributed by atoms with van der Waals surface area (Å²) in [4.78, 5) is 29.2. The molecule has 0 fully saturated rings. The fourth-order valence-corrected chi connectivity index (χ4v) is 1.97. The summed E-state index contributed by atoms with van der Waals surface area (Å²) >= 11 is 4.93. The summed E-state index contributed by atoms with van der Waals surface area (Å²) in [6.45, 7) is 6.05.